The lowest BCUT2D eigenvalue weighted by Gasteiger charge is -2.07. The van der Waals surface area contributed by atoms with Gasteiger partial charge in [0.2, 0.25) is 12.2 Å². The normalized spacial score (nSPS) is 10.1. The molecule has 0 aliphatic carbocycles. The van der Waals surface area contributed by atoms with Crippen LogP contribution in [0.5, 0.6) is 5.75 Å². The van der Waals surface area contributed by atoms with E-state index in [1.807, 2.05) is 0 Å². The van der Waals surface area contributed by atoms with Gasteiger partial charge in [0.25, 0.3) is 0 Å². The summed E-state index contributed by atoms with van der Waals surface area (Å²) in [5, 5.41) is 12.3. The van der Waals surface area contributed by atoms with E-state index in [2.05, 4.69) is 14.7 Å². The van der Waals surface area contributed by atoms with Crippen molar-refractivity contribution in [1.29, 1.82) is 0 Å². The van der Waals surface area contributed by atoms with E-state index in [4.69, 9.17) is 9.84 Å². The number of carbonyl (C=O) groups is 1. The zero-order chi connectivity index (χ0) is 12.1. The predicted molar refractivity (Wildman–Crippen MR) is 56.4 cm³/mol. The van der Waals surface area contributed by atoms with E-state index in [0.29, 0.717) is 17.1 Å². The standard InChI is InChI=1S/C11H10N2O4/c14-11(15)5-8-3-1-2-4-9(8)16-6-10-12-7-17-13-10/h1-4,7H,5-6H2,(H,14,15). The maximum atomic E-state index is 10.7. The Morgan fingerprint density at radius 3 is 2.94 bits per heavy atom. The van der Waals surface area contributed by atoms with Crippen molar-refractivity contribution in [3.05, 3.63) is 42.0 Å². The Kier molecular flexibility index (Phi) is 3.34. The highest BCUT2D eigenvalue weighted by molar-refractivity contribution is 5.71. The van der Waals surface area contributed by atoms with Crippen LogP contribution in [0.25, 0.3) is 0 Å². The first-order valence-electron chi connectivity index (χ1n) is 4.93. The van der Waals surface area contributed by atoms with Crippen LogP contribution in [0.3, 0.4) is 0 Å². The van der Waals surface area contributed by atoms with Crippen LogP contribution in [0, 0.1) is 0 Å². The van der Waals surface area contributed by atoms with Gasteiger partial charge < -0.3 is 14.4 Å². The van der Waals surface area contributed by atoms with Crippen LogP contribution >= 0.6 is 0 Å². The molecule has 0 aliphatic heterocycles. The van der Waals surface area contributed by atoms with Crippen molar-refractivity contribution < 1.29 is 19.2 Å². The smallest absolute Gasteiger partial charge is 0.307 e. The second kappa shape index (κ2) is 5.11. The summed E-state index contributed by atoms with van der Waals surface area (Å²) in [4.78, 5) is 14.5. The van der Waals surface area contributed by atoms with Gasteiger partial charge in [-0.25, -0.2) is 0 Å². The molecule has 0 unspecified atom stereocenters. The molecule has 2 rings (SSSR count). The van der Waals surface area contributed by atoms with Crippen LogP contribution in [0.4, 0.5) is 0 Å². The fourth-order valence-electron chi connectivity index (χ4n) is 1.35. The second-order valence-corrected chi connectivity index (χ2v) is 3.31. The number of ether oxygens (including phenoxy) is 1. The molecule has 0 spiro atoms. The molecule has 2 aromatic rings. The average molecular weight is 234 g/mol. The molecule has 17 heavy (non-hydrogen) atoms. The Bertz CT molecular complexity index is 496. The van der Waals surface area contributed by atoms with Gasteiger partial charge in [-0.1, -0.05) is 23.4 Å². The van der Waals surface area contributed by atoms with E-state index in [9.17, 15) is 4.79 Å². The third kappa shape index (κ3) is 3.04. The number of aromatic nitrogens is 2. The summed E-state index contributed by atoms with van der Waals surface area (Å²) < 4.78 is 10.00. The molecule has 0 aliphatic rings. The summed E-state index contributed by atoms with van der Waals surface area (Å²) in [5.74, 6) is 0.0236. The zero-order valence-electron chi connectivity index (χ0n) is 8.87. The molecule has 0 atom stereocenters. The zero-order valence-corrected chi connectivity index (χ0v) is 8.87. The lowest BCUT2D eigenvalue weighted by atomic mass is 10.1. The Labute approximate surface area is 96.8 Å². The van der Waals surface area contributed by atoms with E-state index in [1.54, 1.807) is 24.3 Å². The van der Waals surface area contributed by atoms with E-state index in [-0.39, 0.29) is 13.0 Å². The van der Waals surface area contributed by atoms with Crippen molar-refractivity contribution in [2.45, 2.75) is 13.0 Å². The van der Waals surface area contributed by atoms with Crippen LogP contribution in [-0.2, 0) is 17.8 Å². The fourth-order valence-corrected chi connectivity index (χ4v) is 1.35. The first-order valence-corrected chi connectivity index (χ1v) is 4.93. The van der Waals surface area contributed by atoms with Crippen molar-refractivity contribution in [2.75, 3.05) is 0 Å². The number of nitrogens with zero attached hydrogens (tertiary/aromatic N) is 2. The van der Waals surface area contributed by atoms with Gasteiger partial charge in [0, 0.05) is 5.56 Å². The lowest BCUT2D eigenvalue weighted by molar-refractivity contribution is -0.136. The average Bonchev–Trinajstić information content (AvgIpc) is 2.80. The fraction of sp³-hybridized carbons (Fsp3) is 0.182. The Hall–Kier alpha value is -2.37. The number of carboxylic acids is 1. The first-order chi connectivity index (χ1) is 8.25. The highest BCUT2D eigenvalue weighted by Crippen LogP contribution is 2.19. The molecule has 0 fully saturated rings. The summed E-state index contributed by atoms with van der Waals surface area (Å²) in [6, 6.07) is 6.95. The molecule has 1 aromatic carbocycles. The summed E-state index contributed by atoms with van der Waals surface area (Å²) in [7, 11) is 0. The third-order valence-electron chi connectivity index (χ3n) is 2.08. The van der Waals surface area contributed by atoms with Crippen molar-refractivity contribution >= 4 is 5.97 Å². The van der Waals surface area contributed by atoms with Gasteiger partial charge in [-0.2, -0.15) is 4.98 Å². The molecular weight excluding hydrogens is 224 g/mol. The molecule has 6 nitrogen and oxygen atoms in total. The van der Waals surface area contributed by atoms with Crippen LogP contribution < -0.4 is 4.74 Å². The van der Waals surface area contributed by atoms with Crippen LogP contribution in [0.1, 0.15) is 11.4 Å². The van der Waals surface area contributed by atoms with Crippen molar-refractivity contribution in [1.82, 2.24) is 10.1 Å². The van der Waals surface area contributed by atoms with Gasteiger partial charge >= 0.3 is 5.97 Å². The minimum absolute atomic E-state index is 0.0809. The van der Waals surface area contributed by atoms with Gasteiger partial charge in [0.05, 0.1) is 6.42 Å². The number of rotatable bonds is 5. The predicted octanol–water partition coefficient (Wildman–Crippen LogP) is 1.28. The minimum atomic E-state index is -0.902. The van der Waals surface area contributed by atoms with Gasteiger partial charge in [-0.3, -0.25) is 4.79 Å². The number of carboxylic acid groups (broad SMARTS) is 1. The molecule has 0 saturated carbocycles. The van der Waals surface area contributed by atoms with E-state index < -0.39 is 5.97 Å². The molecule has 0 bridgehead atoms. The molecular formula is C11H10N2O4. The molecule has 1 N–H and O–H groups in total. The number of hydrogen-bond donors (Lipinski definition) is 1. The van der Waals surface area contributed by atoms with Gasteiger partial charge in [0.1, 0.15) is 5.75 Å². The largest absolute Gasteiger partial charge is 0.485 e. The Morgan fingerprint density at radius 2 is 2.24 bits per heavy atom. The van der Waals surface area contributed by atoms with Crippen LogP contribution in [0.2, 0.25) is 0 Å². The first kappa shape index (κ1) is 11.1. The Morgan fingerprint density at radius 1 is 1.41 bits per heavy atom. The summed E-state index contributed by atoms with van der Waals surface area (Å²) >= 11 is 0. The molecule has 0 amide bonds. The van der Waals surface area contributed by atoms with Crippen LogP contribution in [0.15, 0.2) is 35.2 Å². The minimum Gasteiger partial charge on any atom is -0.485 e. The number of aliphatic carboxylic acids is 1. The molecule has 88 valence electrons. The molecule has 6 heteroatoms. The number of benzene rings is 1. The highest BCUT2D eigenvalue weighted by Gasteiger charge is 2.08. The van der Waals surface area contributed by atoms with Crippen molar-refractivity contribution in [3.63, 3.8) is 0 Å². The second-order valence-electron chi connectivity index (χ2n) is 3.31. The van der Waals surface area contributed by atoms with Crippen LogP contribution in [-0.4, -0.2) is 21.2 Å². The maximum absolute atomic E-state index is 10.7. The Balaban J connectivity index is 2.06. The van der Waals surface area contributed by atoms with Crippen molar-refractivity contribution in [3.8, 4) is 5.75 Å². The quantitative estimate of drug-likeness (QED) is 0.838. The molecule has 0 radical (unpaired) electrons. The number of para-hydroxylation sites is 1. The molecule has 0 saturated heterocycles. The molecule has 1 heterocycles. The maximum Gasteiger partial charge on any atom is 0.307 e. The SMILES string of the molecule is O=C(O)Cc1ccccc1OCc1ncon1. The topological polar surface area (TPSA) is 85.5 Å². The monoisotopic (exact) mass is 234 g/mol. The van der Waals surface area contributed by atoms with E-state index in [0.717, 1.165) is 0 Å². The number of hydrogen-bond acceptors (Lipinski definition) is 5. The summed E-state index contributed by atoms with van der Waals surface area (Å²) in [6.45, 7) is 0.146. The third-order valence-corrected chi connectivity index (χ3v) is 2.08. The highest BCUT2D eigenvalue weighted by atomic mass is 16.5. The van der Waals surface area contributed by atoms with Gasteiger partial charge in [0.15, 0.2) is 6.61 Å². The summed E-state index contributed by atoms with van der Waals surface area (Å²) in [5.41, 5.74) is 0.614. The summed E-state index contributed by atoms with van der Waals surface area (Å²) in [6.07, 6.45) is 1.13. The van der Waals surface area contributed by atoms with E-state index >= 15 is 0 Å². The molecule has 1 aromatic heterocycles. The van der Waals surface area contributed by atoms with Gasteiger partial charge in [-0.15, -0.1) is 0 Å². The van der Waals surface area contributed by atoms with Crippen molar-refractivity contribution in [2.24, 2.45) is 0 Å². The van der Waals surface area contributed by atoms with E-state index in [1.165, 1.54) is 6.39 Å². The van der Waals surface area contributed by atoms with Gasteiger partial charge in [-0.05, 0) is 6.07 Å². The lowest BCUT2D eigenvalue weighted by Crippen LogP contribution is -2.04.